The van der Waals surface area contributed by atoms with Gasteiger partial charge in [0.2, 0.25) is 0 Å². The SMILES string of the molecule is Cc1nc(CCN(C)C[C@H]2COCCO2)cs1. The maximum Gasteiger partial charge on any atom is 0.0936 e. The molecule has 0 N–H and O–H groups in total. The van der Waals surface area contributed by atoms with Crippen LogP contribution in [0.4, 0.5) is 0 Å². The molecular formula is C12H20N2O2S. The smallest absolute Gasteiger partial charge is 0.0936 e. The number of hydrogen-bond acceptors (Lipinski definition) is 5. The summed E-state index contributed by atoms with van der Waals surface area (Å²) in [5.41, 5.74) is 1.19. The Hall–Kier alpha value is -0.490. The maximum atomic E-state index is 5.62. The van der Waals surface area contributed by atoms with E-state index in [4.69, 9.17) is 9.47 Å². The number of thiazole rings is 1. The van der Waals surface area contributed by atoms with Crippen LogP contribution in [0.1, 0.15) is 10.7 Å². The summed E-state index contributed by atoms with van der Waals surface area (Å²) in [4.78, 5) is 6.75. The van der Waals surface area contributed by atoms with Gasteiger partial charge in [0.1, 0.15) is 0 Å². The highest BCUT2D eigenvalue weighted by molar-refractivity contribution is 7.09. The van der Waals surface area contributed by atoms with E-state index in [0.717, 1.165) is 44.3 Å². The van der Waals surface area contributed by atoms with Gasteiger partial charge in [-0.2, -0.15) is 0 Å². The molecule has 4 nitrogen and oxygen atoms in total. The first-order chi connectivity index (χ1) is 8.24. The van der Waals surface area contributed by atoms with Crippen molar-refractivity contribution in [3.8, 4) is 0 Å². The molecule has 1 aliphatic rings. The fourth-order valence-corrected chi connectivity index (χ4v) is 2.56. The molecule has 0 aliphatic carbocycles. The zero-order valence-corrected chi connectivity index (χ0v) is 11.3. The number of likely N-dealkylation sites (N-methyl/N-ethyl adjacent to an activating group) is 1. The topological polar surface area (TPSA) is 34.6 Å². The van der Waals surface area contributed by atoms with Gasteiger partial charge in [0.05, 0.1) is 36.6 Å². The average molecular weight is 256 g/mol. The van der Waals surface area contributed by atoms with E-state index in [-0.39, 0.29) is 6.10 Å². The van der Waals surface area contributed by atoms with Crippen molar-refractivity contribution in [1.82, 2.24) is 9.88 Å². The molecule has 0 saturated carbocycles. The monoisotopic (exact) mass is 256 g/mol. The minimum Gasteiger partial charge on any atom is -0.376 e. The van der Waals surface area contributed by atoms with Gasteiger partial charge in [0.25, 0.3) is 0 Å². The Bertz CT molecular complexity index is 337. The molecule has 1 atom stereocenters. The van der Waals surface area contributed by atoms with Crippen LogP contribution in [-0.2, 0) is 15.9 Å². The van der Waals surface area contributed by atoms with Crippen LogP contribution in [0.5, 0.6) is 0 Å². The fourth-order valence-electron chi connectivity index (χ4n) is 1.91. The van der Waals surface area contributed by atoms with Gasteiger partial charge in [0.15, 0.2) is 0 Å². The number of ether oxygens (including phenoxy) is 2. The summed E-state index contributed by atoms with van der Waals surface area (Å²) in [6.45, 7) is 6.18. The second-order valence-corrected chi connectivity index (χ2v) is 5.50. The number of hydrogen-bond donors (Lipinski definition) is 0. The Morgan fingerprint density at radius 3 is 3.06 bits per heavy atom. The third-order valence-corrected chi connectivity index (χ3v) is 3.64. The molecule has 1 aromatic heterocycles. The highest BCUT2D eigenvalue weighted by Gasteiger charge is 2.16. The quantitative estimate of drug-likeness (QED) is 0.796. The maximum absolute atomic E-state index is 5.62. The lowest BCUT2D eigenvalue weighted by Crippen LogP contribution is -2.39. The van der Waals surface area contributed by atoms with Crippen molar-refractivity contribution in [3.05, 3.63) is 16.1 Å². The zero-order valence-electron chi connectivity index (χ0n) is 10.5. The fraction of sp³-hybridized carbons (Fsp3) is 0.750. The molecular weight excluding hydrogens is 236 g/mol. The largest absolute Gasteiger partial charge is 0.376 e. The van der Waals surface area contributed by atoms with Crippen molar-refractivity contribution in [2.45, 2.75) is 19.4 Å². The van der Waals surface area contributed by atoms with Crippen molar-refractivity contribution in [1.29, 1.82) is 0 Å². The lowest BCUT2D eigenvalue weighted by Gasteiger charge is -2.27. The Labute approximate surface area is 107 Å². The third-order valence-electron chi connectivity index (χ3n) is 2.82. The van der Waals surface area contributed by atoms with E-state index >= 15 is 0 Å². The van der Waals surface area contributed by atoms with Crippen LogP contribution in [0, 0.1) is 6.92 Å². The first-order valence-corrected chi connectivity index (χ1v) is 6.91. The van der Waals surface area contributed by atoms with Gasteiger partial charge in [-0.15, -0.1) is 11.3 Å². The van der Waals surface area contributed by atoms with Crippen molar-refractivity contribution in [2.24, 2.45) is 0 Å². The summed E-state index contributed by atoms with van der Waals surface area (Å²) in [5, 5.41) is 3.29. The molecule has 1 aromatic rings. The van der Waals surface area contributed by atoms with E-state index in [1.54, 1.807) is 11.3 Å². The summed E-state index contributed by atoms with van der Waals surface area (Å²) in [7, 11) is 2.12. The molecule has 5 heteroatoms. The minimum absolute atomic E-state index is 0.228. The minimum atomic E-state index is 0.228. The molecule has 0 amide bonds. The average Bonchev–Trinajstić information content (AvgIpc) is 2.74. The normalized spacial score (nSPS) is 21.0. The molecule has 1 fully saturated rings. The molecule has 0 bridgehead atoms. The lowest BCUT2D eigenvalue weighted by atomic mass is 10.3. The Morgan fingerprint density at radius 1 is 1.53 bits per heavy atom. The number of aromatic nitrogens is 1. The van der Waals surface area contributed by atoms with E-state index < -0.39 is 0 Å². The third kappa shape index (κ3) is 4.35. The van der Waals surface area contributed by atoms with Gasteiger partial charge in [-0.1, -0.05) is 0 Å². The summed E-state index contributed by atoms with van der Waals surface area (Å²) >= 11 is 1.72. The van der Waals surface area contributed by atoms with Gasteiger partial charge < -0.3 is 14.4 Å². The first-order valence-electron chi connectivity index (χ1n) is 6.03. The van der Waals surface area contributed by atoms with Gasteiger partial charge in [-0.25, -0.2) is 4.98 Å². The second kappa shape index (κ2) is 6.44. The van der Waals surface area contributed by atoms with Crippen molar-refractivity contribution >= 4 is 11.3 Å². The van der Waals surface area contributed by atoms with Gasteiger partial charge in [-0.05, 0) is 14.0 Å². The molecule has 0 unspecified atom stereocenters. The summed E-state index contributed by atoms with van der Waals surface area (Å²) < 4.78 is 11.0. The Kier molecular flexibility index (Phi) is 4.91. The molecule has 2 rings (SSSR count). The van der Waals surface area contributed by atoms with E-state index in [9.17, 15) is 0 Å². The molecule has 0 radical (unpaired) electrons. The molecule has 0 aromatic carbocycles. The van der Waals surface area contributed by atoms with Gasteiger partial charge >= 0.3 is 0 Å². The van der Waals surface area contributed by atoms with E-state index in [0.29, 0.717) is 0 Å². The van der Waals surface area contributed by atoms with Crippen molar-refractivity contribution in [2.75, 3.05) is 40.0 Å². The molecule has 96 valence electrons. The van der Waals surface area contributed by atoms with Crippen LogP contribution in [0.15, 0.2) is 5.38 Å². The van der Waals surface area contributed by atoms with E-state index in [1.165, 1.54) is 5.69 Å². The highest BCUT2D eigenvalue weighted by Crippen LogP contribution is 2.09. The Morgan fingerprint density at radius 2 is 2.41 bits per heavy atom. The number of nitrogens with zero attached hydrogens (tertiary/aromatic N) is 2. The first kappa shape index (κ1) is 13.0. The lowest BCUT2D eigenvalue weighted by molar-refractivity contribution is -0.0956. The van der Waals surface area contributed by atoms with Crippen LogP contribution in [0.25, 0.3) is 0 Å². The van der Waals surface area contributed by atoms with Crippen LogP contribution < -0.4 is 0 Å². The van der Waals surface area contributed by atoms with Crippen LogP contribution in [0.2, 0.25) is 0 Å². The summed E-state index contributed by atoms with van der Waals surface area (Å²) in [5.74, 6) is 0. The highest BCUT2D eigenvalue weighted by atomic mass is 32.1. The van der Waals surface area contributed by atoms with E-state index in [2.05, 4.69) is 22.3 Å². The number of aryl methyl sites for hydroxylation is 1. The predicted molar refractivity (Wildman–Crippen MR) is 68.6 cm³/mol. The number of rotatable bonds is 5. The molecule has 2 heterocycles. The van der Waals surface area contributed by atoms with Crippen molar-refractivity contribution < 1.29 is 9.47 Å². The van der Waals surface area contributed by atoms with Crippen LogP contribution in [0.3, 0.4) is 0 Å². The Balaban J connectivity index is 1.68. The molecule has 0 spiro atoms. The van der Waals surface area contributed by atoms with E-state index in [1.807, 2.05) is 6.92 Å². The standard InChI is InChI=1S/C12H20N2O2S/c1-10-13-11(9-17-10)3-4-14(2)7-12-8-15-5-6-16-12/h9,12H,3-8H2,1-2H3/t12-/m0/s1. The summed E-state index contributed by atoms with van der Waals surface area (Å²) in [6.07, 6.45) is 1.24. The summed E-state index contributed by atoms with van der Waals surface area (Å²) in [6, 6.07) is 0. The second-order valence-electron chi connectivity index (χ2n) is 4.44. The zero-order chi connectivity index (χ0) is 12.1. The molecule has 1 aliphatic heterocycles. The molecule has 1 saturated heterocycles. The van der Waals surface area contributed by atoms with Gasteiger partial charge in [-0.3, -0.25) is 0 Å². The van der Waals surface area contributed by atoms with Gasteiger partial charge in [0, 0.05) is 24.9 Å². The molecule has 17 heavy (non-hydrogen) atoms. The predicted octanol–water partition coefficient (Wildman–Crippen LogP) is 1.34. The van der Waals surface area contributed by atoms with Crippen LogP contribution in [-0.4, -0.2) is 55.9 Å². The van der Waals surface area contributed by atoms with Crippen LogP contribution >= 0.6 is 11.3 Å². The van der Waals surface area contributed by atoms with Crippen molar-refractivity contribution in [3.63, 3.8) is 0 Å².